The van der Waals surface area contributed by atoms with Crippen molar-refractivity contribution in [3.05, 3.63) is 45.5 Å². The van der Waals surface area contributed by atoms with E-state index in [4.69, 9.17) is 5.73 Å². The van der Waals surface area contributed by atoms with E-state index in [1.54, 1.807) is 12.1 Å². The largest absolute Gasteiger partial charge is 0.325 e. The van der Waals surface area contributed by atoms with Gasteiger partial charge in [-0.1, -0.05) is 12.1 Å². The van der Waals surface area contributed by atoms with Gasteiger partial charge in [-0.25, -0.2) is 4.98 Å². The highest BCUT2D eigenvalue weighted by Gasteiger charge is 2.09. The molecule has 0 spiro atoms. The fourth-order valence-corrected chi connectivity index (χ4v) is 2.12. The summed E-state index contributed by atoms with van der Waals surface area (Å²) in [6.45, 7) is 0.380. The molecule has 1 aromatic carbocycles. The molecule has 5 nitrogen and oxygen atoms in total. The molecule has 0 atom stereocenters. The first-order valence-corrected chi connectivity index (χ1v) is 5.48. The molecule has 2 rings (SSSR count). The number of nitro groups is 1. The molecule has 0 saturated carbocycles. The van der Waals surface area contributed by atoms with Crippen LogP contribution in [0.15, 0.2) is 29.6 Å². The molecule has 82 valence electrons. The number of benzene rings is 1. The first-order valence-electron chi connectivity index (χ1n) is 4.60. The van der Waals surface area contributed by atoms with Crippen molar-refractivity contribution in [1.82, 2.24) is 4.98 Å². The van der Waals surface area contributed by atoms with Gasteiger partial charge < -0.3 is 5.73 Å². The van der Waals surface area contributed by atoms with Gasteiger partial charge in [0.25, 0.3) is 5.69 Å². The SMILES string of the molecule is NCc1csc(-c2cccc([N+](=O)[O-])c2)n1. The van der Waals surface area contributed by atoms with E-state index in [0.29, 0.717) is 6.54 Å². The maximum absolute atomic E-state index is 10.6. The molecule has 0 bridgehead atoms. The van der Waals surface area contributed by atoms with Crippen LogP contribution in [0.25, 0.3) is 10.6 Å². The van der Waals surface area contributed by atoms with Crippen molar-refractivity contribution in [1.29, 1.82) is 0 Å². The highest BCUT2D eigenvalue weighted by atomic mass is 32.1. The van der Waals surface area contributed by atoms with Crippen molar-refractivity contribution in [3.63, 3.8) is 0 Å². The number of nitrogens with two attached hydrogens (primary N) is 1. The van der Waals surface area contributed by atoms with Crippen LogP contribution in [0.5, 0.6) is 0 Å². The molecule has 0 fully saturated rings. The minimum Gasteiger partial charge on any atom is -0.325 e. The van der Waals surface area contributed by atoms with E-state index in [1.807, 2.05) is 5.38 Å². The third-order valence-electron chi connectivity index (χ3n) is 2.06. The van der Waals surface area contributed by atoms with Gasteiger partial charge in [-0.2, -0.15) is 0 Å². The molecule has 0 aliphatic heterocycles. The van der Waals surface area contributed by atoms with E-state index in [9.17, 15) is 10.1 Å². The van der Waals surface area contributed by atoms with Crippen LogP contribution in [0, 0.1) is 10.1 Å². The molecule has 2 N–H and O–H groups in total. The lowest BCUT2D eigenvalue weighted by molar-refractivity contribution is -0.384. The van der Waals surface area contributed by atoms with Gasteiger partial charge in [0.1, 0.15) is 5.01 Å². The second-order valence-corrected chi connectivity index (χ2v) is 4.01. The maximum Gasteiger partial charge on any atom is 0.270 e. The molecular formula is C10H9N3O2S. The summed E-state index contributed by atoms with van der Waals surface area (Å²) in [5, 5.41) is 13.2. The van der Waals surface area contributed by atoms with Gasteiger partial charge in [0, 0.05) is 29.6 Å². The van der Waals surface area contributed by atoms with Crippen LogP contribution in [-0.2, 0) is 6.54 Å². The zero-order valence-electron chi connectivity index (χ0n) is 8.29. The van der Waals surface area contributed by atoms with Crippen LogP contribution >= 0.6 is 11.3 Å². The summed E-state index contributed by atoms with van der Waals surface area (Å²) < 4.78 is 0. The summed E-state index contributed by atoms with van der Waals surface area (Å²) in [7, 11) is 0. The molecule has 1 aromatic heterocycles. The third-order valence-corrected chi connectivity index (χ3v) is 3.00. The Labute approximate surface area is 95.7 Å². The minimum atomic E-state index is -0.416. The van der Waals surface area contributed by atoms with E-state index in [-0.39, 0.29) is 5.69 Å². The molecule has 0 aliphatic rings. The van der Waals surface area contributed by atoms with E-state index in [2.05, 4.69) is 4.98 Å². The molecule has 0 radical (unpaired) electrons. The average Bonchev–Trinajstić information content (AvgIpc) is 2.77. The van der Waals surface area contributed by atoms with Gasteiger partial charge in [-0.3, -0.25) is 10.1 Å². The molecule has 0 amide bonds. The Morgan fingerprint density at radius 1 is 1.50 bits per heavy atom. The molecule has 6 heteroatoms. The monoisotopic (exact) mass is 235 g/mol. The number of nitrogens with zero attached hydrogens (tertiary/aromatic N) is 2. The summed E-state index contributed by atoms with van der Waals surface area (Å²) >= 11 is 1.43. The van der Waals surface area contributed by atoms with E-state index >= 15 is 0 Å². The van der Waals surface area contributed by atoms with Gasteiger partial charge in [-0.15, -0.1) is 11.3 Å². The molecule has 16 heavy (non-hydrogen) atoms. The lowest BCUT2D eigenvalue weighted by Crippen LogP contribution is -1.95. The van der Waals surface area contributed by atoms with Gasteiger partial charge >= 0.3 is 0 Å². The van der Waals surface area contributed by atoms with Crippen molar-refractivity contribution in [3.8, 4) is 10.6 Å². The van der Waals surface area contributed by atoms with Crippen LogP contribution in [0.1, 0.15) is 5.69 Å². The number of hydrogen-bond donors (Lipinski definition) is 1. The van der Waals surface area contributed by atoms with Crippen molar-refractivity contribution in [2.45, 2.75) is 6.54 Å². The zero-order valence-corrected chi connectivity index (χ0v) is 9.11. The minimum absolute atomic E-state index is 0.0713. The number of nitro benzene ring substituents is 1. The maximum atomic E-state index is 10.6. The van der Waals surface area contributed by atoms with Gasteiger partial charge in [-0.05, 0) is 0 Å². The Bertz CT molecular complexity index is 524. The number of rotatable bonds is 3. The lowest BCUT2D eigenvalue weighted by Gasteiger charge is -1.96. The van der Waals surface area contributed by atoms with Crippen molar-refractivity contribution >= 4 is 17.0 Å². The van der Waals surface area contributed by atoms with E-state index in [1.165, 1.54) is 23.5 Å². The van der Waals surface area contributed by atoms with Crippen LogP contribution in [0.4, 0.5) is 5.69 Å². The molecule has 0 unspecified atom stereocenters. The fraction of sp³-hybridized carbons (Fsp3) is 0.100. The molecule has 2 aromatic rings. The van der Waals surface area contributed by atoms with Gasteiger partial charge in [0.2, 0.25) is 0 Å². The van der Waals surface area contributed by atoms with E-state index < -0.39 is 4.92 Å². The smallest absolute Gasteiger partial charge is 0.270 e. The van der Waals surface area contributed by atoms with Crippen molar-refractivity contribution < 1.29 is 4.92 Å². The second-order valence-electron chi connectivity index (χ2n) is 3.16. The summed E-state index contributed by atoms with van der Waals surface area (Å²) in [5.74, 6) is 0. The Morgan fingerprint density at radius 2 is 2.31 bits per heavy atom. The standard InChI is InChI=1S/C10H9N3O2S/c11-5-8-6-16-10(12-8)7-2-1-3-9(4-7)13(14)15/h1-4,6H,5,11H2. The summed E-state index contributed by atoms with van der Waals surface area (Å²) in [5.41, 5.74) is 7.07. The molecule has 0 aliphatic carbocycles. The first-order chi connectivity index (χ1) is 7.70. The summed E-state index contributed by atoms with van der Waals surface area (Å²) in [6, 6.07) is 6.42. The predicted octanol–water partition coefficient (Wildman–Crippen LogP) is 2.18. The van der Waals surface area contributed by atoms with Crippen LogP contribution < -0.4 is 5.73 Å². The number of non-ortho nitro benzene ring substituents is 1. The molecule has 1 heterocycles. The molecular weight excluding hydrogens is 226 g/mol. The third kappa shape index (κ3) is 2.07. The Kier molecular flexibility index (Phi) is 2.93. The Hall–Kier alpha value is -1.79. The highest BCUT2D eigenvalue weighted by Crippen LogP contribution is 2.26. The van der Waals surface area contributed by atoms with Crippen LogP contribution in [-0.4, -0.2) is 9.91 Å². The number of aromatic nitrogens is 1. The first kappa shape index (κ1) is 10.7. The fourth-order valence-electron chi connectivity index (χ4n) is 1.29. The highest BCUT2D eigenvalue weighted by molar-refractivity contribution is 7.13. The topological polar surface area (TPSA) is 82.0 Å². The van der Waals surface area contributed by atoms with E-state index in [0.717, 1.165) is 16.3 Å². The predicted molar refractivity (Wildman–Crippen MR) is 62.1 cm³/mol. The molecule has 0 saturated heterocycles. The van der Waals surface area contributed by atoms with Gasteiger partial charge in [0.05, 0.1) is 10.6 Å². The number of hydrogen-bond acceptors (Lipinski definition) is 5. The second kappa shape index (κ2) is 4.38. The number of thiazole rings is 1. The van der Waals surface area contributed by atoms with Crippen LogP contribution in [0.2, 0.25) is 0 Å². The normalized spacial score (nSPS) is 10.3. The zero-order chi connectivity index (χ0) is 11.5. The quantitative estimate of drug-likeness (QED) is 0.653. The Morgan fingerprint density at radius 3 is 2.94 bits per heavy atom. The summed E-state index contributed by atoms with van der Waals surface area (Å²) in [4.78, 5) is 14.5. The van der Waals surface area contributed by atoms with Crippen molar-refractivity contribution in [2.24, 2.45) is 5.73 Å². The summed E-state index contributed by atoms with van der Waals surface area (Å²) in [6.07, 6.45) is 0. The average molecular weight is 235 g/mol. The Balaban J connectivity index is 2.40. The lowest BCUT2D eigenvalue weighted by atomic mass is 10.2. The van der Waals surface area contributed by atoms with Crippen molar-refractivity contribution in [2.75, 3.05) is 0 Å². The van der Waals surface area contributed by atoms with Crippen LogP contribution in [0.3, 0.4) is 0 Å². The van der Waals surface area contributed by atoms with Gasteiger partial charge in [0.15, 0.2) is 0 Å².